The van der Waals surface area contributed by atoms with E-state index in [-0.39, 0.29) is 6.61 Å². The van der Waals surface area contributed by atoms with Gasteiger partial charge in [0.2, 0.25) is 5.79 Å². The highest BCUT2D eigenvalue weighted by atomic mass is 16.7. The van der Waals surface area contributed by atoms with Crippen LogP contribution in [0.25, 0.3) is 0 Å². The molecule has 0 saturated heterocycles. The van der Waals surface area contributed by atoms with Crippen LogP contribution in [0.1, 0.15) is 18.1 Å². The molecule has 94 valence electrons. The van der Waals surface area contributed by atoms with Crippen LogP contribution in [0.3, 0.4) is 0 Å². The second kappa shape index (κ2) is 4.64. The van der Waals surface area contributed by atoms with Crippen molar-refractivity contribution in [3.8, 4) is 5.75 Å². The Labute approximate surface area is 101 Å². The summed E-state index contributed by atoms with van der Waals surface area (Å²) in [7, 11) is 3.06. The van der Waals surface area contributed by atoms with E-state index in [1.165, 1.54) is 14.2 Å². The predicted molar refractivity (Wildman–Crippen MR) is 63.0 cm³/mol. The van der Waals surface area contributed by atoms with Crippen molar-refractivity contribution in [1.82, 2.24) is 0 Å². The van der Waals surface area contributed by atoms with E-state index in [1.807, 2.05) is 18.2 Å². The van der Waals surface area contributed by atoms with Crippen LogP contribution < -0.4 is 4.74 Å². The summed E-state index contributed by atoms with van der Waals surface area (Å²) >= 11 is 0. The second-order valence-electron chi connectivity index (χ2n) is 4.09. The van der Waals surface area contributed by atoms with Crippen molar-refractivity contribution >= 4 is 0 Å². The molecule has 1 aromatic carbocycles. The van der Waals surface area contributed by atoms with Gasteiger partial charge in [0, 0.05) is 14.2 Å². The minimum atomic E-state index is -1.13. The van der Waals surface area contributed by atoms with E-state index in [4.69, 9.17) is 14.2 Å². The molecule has 0 fully saturated rings. The van der Waals surface area contributed by atoms with Crippen molar-refractivity contribution in [2.24, 2.45) is 0 Å². The first-order valence-electron chi connectivity index (χ1n) is 5.72. The number of aliphatic hydroxyl groups is 1. The first-order chi connectivity index (χ1) is 8.17. The maximum atomic E-state index is 10.1. The highest BCUT2D eigenvalue weighted by Gasteiger charge is 2.46. The zero-order valence-corrected chi connectivity index (χ0v) is 10.4. The molecule has 0 radical (unpaired) electrons. The van der Waals surface area contributed by atoms with E-state index in [1.54, 1.807) is 0 Å². The number of hydrogen-bond acceptors (Lipinski definition) is 4. The molecule has 1 heterocycles. The minimum absolute atomic E-state index is 0.167. The highest BCUT2D eigenvalue weighted by Crippen LogP contribution is 2.40. The molecule has 1 unspecified atom stereocenters. The lowest BCUT2D eigenvalue weighted by Crippen LogP contribution is -2.49. The number of rotatable bonds is 3. The summed E-state index contributed by atoms with van der Waals surface area (Å²) in [6.07, 6.45) is 0.0736. The molecule has 1 aromatic rings. The molecule has 4 nitrogen and oxygen atoms in total. The molecule has 17 heavy (non-hydrogen) atoms. The van der Waals surface area contributed by atoms with Crippen LogP contribution in [0.5, 0.6) is 5.75 Å². The molecular formula is C13H18O4. The maximum Gasteiger partial charge on any atom is 0.228 e. The Morgan fingerprint density at radius 2 is 2.12 bits per heavy atom. The molecule has 1 aliphatic rings. The number of ether oxygens (including phenoxy) is 3. The van der Waals surface area contributed by atoms with Crippen LogP contribution in [-0.4, -0.2) is 32.0 Å². The van der Waals surface area contributed by atoms with E-state index in [9.17, 15) is 5.11 Å². The lowest BCUT2D eigenvalue weighted by Gasteiger charge is -2.40. The van der Waals surface area contributed by atoms with Gasteiger partial charge in [-0.2, -0.15) is 0 Å². The lowest BCUT2D eigenvalue weighted by molar-refractivity contribution is -0.281. The van der Waals surface area contributed by atoms with E-state index in [0.717, 1.165) is 17.5 Å². The summed E-state index contributed by atoms with van der Waals surface area (Å²) in [4.78, 5) is 0. The van der Waals surface area contributed by atoms with Gasteiger partial charge < -0.3 is 19.3 Å². The molecule has 1 atom stereocenters. The van der Waals surface area contributed by atoms with Gasteiger partial charge in [-0.25, -0.2) is 0 Å². The van der Waals surface area contributed by atoms with Crippen molar-refractivity contribution in [2.75, 3.05) is 20.8 Å². The van der Waals surface area contributed by atoms with E-state index < -0.39 is 11.9 Å². The first-order valence-corrected chi connectivity index (χ1v) is 5.72. The Hall–Kier alpha value is -1.10. The van der Waals surface area contributed by atoms with E-state index in [0.29, 0.717) is 5.75 Å². The fraction of sp³-hybridized carbons (Fsp3) is 0.538. The quantitative estimate of drug-likeness (QED) is 0.810. The van der Waals surface area contributed by atoms with Crippen LogP contribution in [-0.2, 0) is 21.7 Å². The molecule has 0 aromatic heterocycles. The van der Waals surface area contributed by atoms with Crippen LogP contribution >= 0.6 is 0 Å². The van der Waals surface area contributed by atoms with Gasteiger partial charge in [0.1, 0.15) is 18.5 Å². The Bertz CT molecular complexity index is 398. The molecule has 1 N–H and O–H groups in total. The molecule has 1 aliphatic heterocycles. The van der Waals surface area contributed by atoms with Gasteiger partial charge >= 0.3 is 0 Å². The number of benzene rings is 1. The number of hydrogen-bond donors (Lipinski definition) is 1. The van der Waals surface area contributed by atoms with E-state index in [2.05, 4.69) is 6.92 Å². The largest absolute Gasteiger partial charge is 0.490 e. The average Bonchev–Trinajstić information content (AvgIpc) is 2.38. The SMILES string of the molecule is CCc1ccc2c(c1)C(OC)(OC)C(O)CO2. The van der Waals surface area contributed by atoms with E-state index >= 15 is 0 Å². The van der Waals surface area contributed by atoms with Crippen molar-refractivity contribution in [3.05, 3.63) is 29.3 Å². The molecule has 0 saturated carbocycles. The molecular weight excluding hydrogens is 220 g/mol. The Morgan fingerprint density at radius 1 is 1.41 bits per heavy atom. The third-order valence-corrected chi connectivity index (χ3v) is 3.27. The van der Waals surface area contributed by atoms with Gasteiger partial charge in [-0.05, 0) is 24.1 Å². The van der Waals surface area contributed by atoms with Crippen LogP contribution in [0.15, 0.2) is 18.2 Å². The van der Waals surface area contributed by atoms with Crippen LogP contribution in [0.4, 0.5) is 0 Å². The molecule has 4 heteroatoms. The molecule has 0 spiro atoms. The molecule has 0 aliphatic carbocycles. The Kier molecular flexibility index (Phi) is 3.38. The van der Waals surface area contributed by atoms with Gasteiger partial charge in [-0.1, -0.05) is 13.0 Å². The van der Waals surface area contributed by atoms with Crippen molar-refractivity contribution in [2.45, 2.75) is 25.2 Å². The minimum Gasteiger partial charge on any atom is -0.490 e. The summed E-state index contributed by atoms with van der Waals surface area (Å²) in [5.41, 5.74) is 1.90. The van der Waals surface area contributed by atoms with Crippen molar-refractivity contribution < 1.29 is 19.3 Å². The third kappa shape index (κ3) is 1.82. The average molecular weight is 238 g/mol. The zero-order chi connectivity index (χ0) is 12.5. The normalized spacial score (nSPS) is 21.8. The van der Waals surface area contributed by atoms with Crippen molar-refractivity contribution in [3.63, 3.8) is 0 Å². The predicted octanol–water partition coefficient (Wildman–Crippen LogP) is 1.45. The summed E-state index contributed by atoms with van der Waals surface area (Å²) in [6.45, 7) is 2.24. The van der Waals surface area contributed by atoms with Gasteiger partial charge in [0.25, 0.3) is 0 Å². The molecule has 0 bridgehead atoms. The van der Waals surface area contributed by atoms with Crippen molar-refractivity contribution in [1.29, 1.82) is 0 Å². The number of fused-ring (bicyclic) bond motifs is 1. The summed E-state index contributed by atoms with van der Waals surface area (Å²) in [5.74, 6) is -0.421. The Morgan fingerprint density at radius 3 is 2.71 bits per heavy atom. The Balaban J connectivity index is 2.56. The van der Waals surface area contributed by atoms with Crippen LogP contribution in [0.2, 0.25) is 0 Å². The maximum absolute atomic E-state index is 10.1. The summed E-state index contributed by atoms with van der Waals surface area (Å²) < 4.78 is 16.3. The fourth-order valence-corrected chi connectivity index (χ4v) is 2.23. The standard InChI is InChI=1S/C13H18O4/c1-4-9-5-6-11-10(7-9)13(15-2,16-3)12(14)8-17-11/h5-7,12,14H,4,8H2,1-3H3. The second-order valence-corrected chi connectivity index (χ2v) is 4.09. The smallest absolute Gasteiger partial charge is 0.228 e. The third-order valence-electron chi connectivity index (χ3n) is 3.27. The molecule has 2 rings (SSSR count). The fourth-order valence-electron chi connectivity index (χ4n) is 2.23. The van der Waals surface area contributed by atoms with Gasteiger partial charge in [-0.3, -0.25) is 0 Å². The van der Waals surface area contributed by atoms with Gasteiger partial charge in [-0.15, -0.1) is 0 Å². The summed E-state index contributed by atoms with van der Waals surface area (Å²) in [5, 5.41) is 10.1. The number of aliphatic hydroxyl groups excluding tert-OH is 1. The molecule has 0 amide bonds. The van der Waals surface area contributed by atoms with Gasteiger partial charge in [0.15, 0.2) is 0 Å². The lowest BCUT2D eigenvalue weighted by atomic mass is 9.94. The topological polar surface area (TPSA) is 47.9 Å². The first kappa shape index (κ1) is 12.4. The van der Waals surface area contributed by atoms with Crippen LogP contribution in [0, 0.1) is 0 Å². The highest BCUT2D eigenvalue weighted by molar-refractivity contribution is 5.42. The zero-order valence-electron chi connectivity index (χ0n) is 10.4. The number of methoxy groups -OCH3 is 2. The summed E-state index contributed by atoms with van der Waals surface area (Å²) in [6, 6.07) is 5.87. The monoisotopic (exact) mass is 238 g/mol. The van der Waals surface area contributed by atoms with Gasteiger partial charge in [0.05, 0.1) is 5.56 Å². The number of aryl methyl sites for hydroxylation is 1.